The van der Waals surface area contributed by atoms with Gasteiger partial charge in [-0.05, 0) is 19.3 Å². The van der Waals surface area contributed by atoms with Gasteiger partial charge >= 0.3 is 0 Å². The maximum Gasteiger partial charge on any atom is 0.0921 e. The SMILES string of the molecule is C=C(OCC)[C@@H]1CCCC[C@@H]1C. The Balaban J connectivity index is 2.42. The van der Waals surface area contributed by atoms with Crippen molar-refractivity contribution in [3.05, 3.63) is 12.3 Å². The fraction of sp³-hybridized carbons (Fsp3) is 0.818. The molecule has 0 aromatic rings. The van der Waals surface area contributed by atoms with Crippen molar-refractivity contribution in [2.24, 2.45) is 11.8 Å². The minimum absolute atomic E-state index is 0.624. The maximum atomic E-state index is 5.46. The molecule has 1 rings (SSSR count). The lowest BCUT2D eigenvalue weighted by Gasteiger charge is -2.29. The molecule has 0 bridgehead atoms. The predicted molar refractivity (Wildman–Crippen MR) is 51.9 cm³/mol. The number of hydrogen-bond acceptors (Lipinski definition) is 1. The Hall–Kier alpha value is -0.460. The van der Waals surface area contributed by atoms with Crippen LogP contribution in [0.3, 0.4) is 0 Å². The van der Waals surface area contributed by atoms with Crippen LogP contribution in [-0.4, -0.2) is 6.61 Å². The van der Waals surface area contributed by atoms with Crippen LogP contribution >= 0.6 is 0 Å². The molecule has 1 fully saturated rings. The number of ether oxygens (including phenoxy) is 1. The quantitative estimate of drug-likeness (QED) is 0.587. The zero-order chi connectivity index (χ0) is 8.97. The molecule has 1 aliphatic rings. The molecule has 0 spiro atoms. The molecule has 0 aromatic carbocycles. The van der Waals surface area contributed by atoms with Gasteiger partial charge in [0.1, 0.15) is 0 Å². The highest BCUT2D eigenvalue weighted by Crippen LogP contribution is 2.34. The zero-order valence-corrected chi connectivity index (χ0v) is 8.31. The molecule has 12 heavy (non-hydrogen) atoms. The third-order valence-corrected chi connectivity index (χ3v) is 2.85. The smallest absolute Gasteiger partial charge is 0.0921 e. The summed E-state index contributed by atoms with van der Waals surface area (Å²) in [7, 11) is 0. The van der Waals surface area contributed by atoms with Crippen molar-refractivity contribution in [2.45, 2.75) is 39.5 Å². The lowest BCUT2D eigenvalue weighted by atomic mass is 9.79. The first-order valence-electron chi connectivity index (χ1n) is 5.07. The van der Waals surface area contributed by atoms with E-state index in [1.807, 2.05) is 6.92 Å². The molecule has 0 saturated heterocycles. The Kier molecular flexibility index (Phi) is 3.64. The molecule has 0 unspecified atom stereocenters. The van der Waals surface area contributed by atoms with Gasteiger partial charge in [-0.3, -0.25) is 0 Å². The molecule has 0 radical (unpaired) electrons. The summed E-state index contributed by atoms with van der Waals surface area (Å²) in [5, 5.41) is 0. The van der Waals surface area contributed by atoms with Crippen LogP contribution in [0.15, 0.2) is 12.3 Å². The highest BCUT2D eigenvalue weighted by molar-refractivity contribution is 4.95. The van der Waals surface area contributed by atoms with E-state index in [2.05, 4.69) is 13.5 Å². The van der Waals surface area contributed by atoms with Crippen LogP contribution in [0.1, 0.15) is 39.5 Å². The van der Waals surface area contributed by atoms with Crippen LogP contribution in [0.5, 0.6) is 0 Å². The number of hydrogen-bond donors (Lipinski definition) is 0. The monoisotopic (exact) mass is 168 g/mol. The zero-order valence-electron chi connectivity index (χ0n) is 8.31. The Morgan fingerprint density at radius 2 is 2.08 bits per heavy atom. The van der Waals surface area contributed by atoms with Crippen LogP contribution in [-0.2, 0) is 4.74 Å². The Morgan fingerprint density at radius 3 is 2.67 bits per heavy atom. The van der Waals surface area contributed by atoms with Crippen LogP contribution in [0.4, 0.5) is 0 Å². The standard InChI is InChI=1S/C11H20O/c1-4-12-10(3)11-8-6-5-7-9(11)2/h9,11H,3-8H2,1-2H3/t9-,11+/m0/s1. The maximum absolute atomic E-state index is 5.46. The van der Waals surface area contributed by atoms with E-state index in [1.165, 1.54) is 25.7 Å². The second-order valence-electron chi connectivity index (χ2n) is 3.77. The molecule has 0 aliphatic heterocycles. The van der Waals surface area contributed by atoms with E-state index in [1.54, 1.807) is 0 Å². The van der Waals surface area contributed by atoms with Crippen molar-refractivity contribution in [1.82, 2.24) is 0 Å². The first-order valence-corrected chi connectivity index (χ1v) is 5.07. The molecule has 1 nitrogen and oxygen atoms in total. The summed E-state index contributed by atoms with van der Waals surface area (Å²) in [4.78, 5) is 0. The van der Waals surface area contributed by atoms with Gasteiger partial charge in [-0.15, -0.1) is 0 Å². The summed E-state index contributed by atoms with van der Waals surface area (Å²) in [5.41, 5.74) is 0. The summed E-state index contributed by atoms with van der Waals surface area (Å²) in [6, 6.07) is 0. The van der Waals surface area contributed by atoms with Crippen molar-refractivity contribution in [3.63, 3.8) is 0 Å². The van der Waals surface area contributed by atoms with E-state index in [4.69, 9.17) is 4.74 Å². The first kappa shape index (κ1) is 9.63. The van der Waals surface area contributed by atoms with E-state index in [0.29, 0.717) is 5.92 Å². The van der Waals surface area contributed by atoms with E-state index >= 15 is 0 Å². The van der Waals surface area contributed by atoms with Crippen molar-refractivity contribution in [2.75, 3.05) is 6.61 Å². The average molecular weight is 168 g/mol. The molecule has 70 valence electrons. The van der Waals surface area contributed by atoms with Gasteiger partial charge in [-0.1, -0.05) is 32.8 Å². The topological polar surface area (TPSA) is 9.23 Å². The summed E-state index contributed by atoms with van der Waals surface area (Å²) in [6.07, 6.45) is 5.36. The van der Waals surface area contributed by atoms with E-state index in [0.717, 1.165) is 18.3 Å². The lowest BCUT2D eigenvalue weighted by Crippen LogP contribution is -2.19. The average Bonchev–Trinajstić information content (AvgIpc) is 2.05. The summed E-state index contributed by atoms with van der Waals surface area (Å²) in [6.45, 7) is 9.10. The molecule has 0 heterocycles. The molecule has 0 aromatic heterocycles. The fourth-order valence-corrected chi connectivity index (χ4v) is 2.09. The van der Waals surface area contributed by atoms with Gasteiger partial charge in [0.25, 0.3) is 0 Å². The van der Waals surface area contributed by atoms with Crippen molar-refractivity contribution >= 4 is 0 Å². The van der Waals surface area contributed by atoms with Crippen LogP contribution < -0.4 is 0 Å². The highest BCUT2D eigenvalue weighted by atomic mass is 16.5. The van der Waals surface area contributed by atoms with E-state index in [9.17, 15) is 0 Å². The van der Waals surface area contributed by atoms with Crippen LogP contribution in [0, 0.1) is 11.8 Å². The highest BCUT2D eigenvalue weighted by Gasteiger charge is 2.24. The third kappa shape index (κ3) is 2.26. The van der Waals surface area contributed by atoms with Crippen molar-refractivity contribution in [1.29, 1.82) is 0 Å². The van der Waals surface area contributed by atoms with Gasteiger partial charge in [0, 0.05) is 5.92 Å². The molecule has 0 N–H and O–H groups in total. The normalized spacial score (nSPS) is 29.8. The number of allylic oxidation sites excluding steroid dienone is 1. The Labute approximate surface area is 75.8 Å². The number of rotatable bonds is 3. The lowest BCUT2D eigenvalue weighted by molar-refractivity contribution is 0.146. The van der Waals surface area contributed by atoms with E-state index in [-0.39, 0.29) is 0 Å². The molecular formula is C11H20O. The van der Waals surface area contributed by atoms with Crippen molar-refractivity contribution < 1.29 is 4.74 Å². The predicted octanol–water partition coefficient (Wildman–Crippen LogP) is 3.36. The summed E-state index contributed by atoms with van der Waals surface area (Å²) in [5.74, 6) is 2.42. The third-order valence-electron chi connectivity index (χ3n) is 2.85. The minimum atomic E-state index is 0.624. The van der Waals surface area contributed by atoms with Gasteiger partial charge in [-0.25, -0.2) is 0 Å². The fourth-order valence-electron chi connectivity index (χ4n) is 2.09. The second kappa shape index (κ2) is 4.54. The van der Waals surface area contributed by atoms with Crippen LogP contribution in [0.25, 0.3) is 0 Å². The first-order chi connectivity index (χ1) is 5.75. The second-order valence-corrected chi connectivity index (χ2v) is 3.77. The van der Waals surface area contributed by atoms with Gasteiger partial charge in [0.2, 0.25) is 0 Å². The van der Waals surface area contributed by atoms with Gasteiger partial charge in [-0.2, -0.15) is 0 Å². The molecule has 1 saturated carbocycles. The summed E-state index contributed by atoms with van der Waals surface area (Å²) >= 11 is 0. The molecular weight excluding hydrogens is 148 g/mol. The molecule has 1 aliphatic carbocycles. The van der Waals surface area contributed by atoms with Gasteiger partial charge in [0.05, 0.1) is 12.4 Å². The summed E-state index contributed by atoms with van der Waals surface area (Å²) < 4.78 is 5.46. The Morgan fingerprint density at radius 1 is 1.42 bits per heavy atom. The molecule has 2 atom stereocenters. The van der Waals surface area contributed by atoms with Gasteiger partial charge < -0.3 is 4.74 Å². The molecule has 0 amide bonds. The minimum Gasteiger partial charge on any atom is -0.499 e. The van der Waals surface area contributed by atoms with Crippen molar-refractivity contribution in [3.8, 4) is 0 Å². The molecule has 1 heteroatoms. The Bertz CT molecular complexity index is 151. The van der Waals surface area contributed by atoms with E-state index < -0.39 is 0 Å². The largest absolute Gasteiger partial charge is 0.499 e. The van der Waals surface area contributed by atoms with Crippen LogP contribution in [0.2, 0.25) is 0 Å². The van der Waals surface area contributed by atoms with Gasteiger partial charge in [0.15, 0.2) is 0 Å².